The molecule has 0 heterocycles. The molecule has 0 atom stereocenters. The first kappa shape index (κ1) is 17.4. The lowest BCUT2D eigenvalue weighted by Gasteiger charge is -2.31. The van der Waals surface area contributed by atoms with Gasteiger partial charge in [-0.3, -0.25) is 9.59 Å². The molecule has 0 aliphatic rings. The third-order valence-electron chi connectivity index (χ3n) is 3.61. The number of aliphatic carboxylic acids is 1. The maximum atomic E-state index is 13.0. The van der Waals surface area contributed by atoms with Crippen molar-refractivity contribution in [2.45, 2.75) is 45.1 Å². The molecule has 21 heavy (non-hydrogen) atoms. The zero-order valence-corrected chi connectivity index (χ0v) is 12.8. The third-order valence-corrected chi connectivity index (χ3v) is 3.97. The first-order valence-corrected chi connectivity index (χ1v) is 7.16. The molecule has 1 rings (SSSR count). The van der Waals surface area contributed by atoms with E-state index in [0.29, 0.717) is 18.4 Å². The van der Waals surface area contributed by atoms with Crippen LogP contribution in [0.3, 0.4) is 0 Å². The second-order valence-electron chi connectivity index (χ2n) is 5.02. The van der Waals surface area contributed by atoms with E-state index in [4.69, 9.17) is 16.7 Å². The van der Waals surface area contributed by atoms with Crippen LogP contribution in [0.5, 0.6) is 0 Å². The van der Waals surface area contributed by atoms with Crippen LogP contribution in [0.15, 0.2) is 18.2 Å². The summed E-state index contributed by atoms with van der Waals surface area (Å²) in [6, 6.07) is 3.83. The maximum Gasteiger partial charge on any atom is 0.305 e. The molecule has 1 aromatic rings. The van der Waals surface area contributed by atoms with Gasteiger partial charge in [0, 0.05) is 10.6 Å². The van der Waals surface area contributed by atoms with E-state index in [1.165, 1.54) is 12.1 Å². The largest absolute Gasteiger partial charge is 0.481 e. The highest BCUT2D eigenvalue weighted by Crippen LogP contribution is 2.22. The molecule has 0 aromatic heterocycles. The van der Waals surface area contributed by atoms with Gasteiger partial charge in [0.15, 0.2) is 0 Å². The number of carboxylic acids is 1. The lowest BCUT2D eigenvalue weighted by Crippen LogP contribution is -2.49. The quantitative estimate of drug-likeness (QED) is 0.812. The van der Waals surface area contributed by atoms with E-state index in [1.54, 1.807) is 0 Å². The van der Waals surface area contributed by atoms with E-state index < -0.39 is 17.3 Å². The summed E-state index contributed by atoms with van der Waals surface area (Å²) in [4.78, 5) is 23.1. The molecule has 0 bridgehead atoms. The Kier molecular flexibility index (Phi) is 6.15. The fourth-order valence-corrected chi connectivity index (χ4v) is 2.42. The molecule has 1 amide bonds. The first-order chi connectivity index (χ1) is 9.81. The normalized spacial score (nSPS) is 11.2. The predicted molar refractivity (Wildman–Crippen MR) is 78.8 cm³/mol. The van der Waals surface area contributed by atoms with Gasteiger partial charge in [-0.15, -0.1) is 0 Å². The second kappa shape index (κ2) is 7.41. The van der Waals surface area contributed by atoms with Crippen LogP contribution in [-0.4, -0.2) is 22.5 Å². The lowest BCUT2D eigenvalue weighted by molar-refractivity contribution is -0.139. The minimum atomic E-state index is -0.959. The average molecular weight is 316 g/mol. The SMILES string of the molecule is CCC(CC)(CC(=O)O)NC(=O)Cc1ccc(F)cc1Cl. The van der Waals surface area contributed by atoms with Crippen LogP contribution in [-0.2, 0) is 16.0 Å². The van der Waals surface area contributed by atoms with Crippen molar-refractivity contribution in [3.8, 4) is 0 Å². The fraction of sp³-hybridized carbons (Fsp3) is 0.467. The molecule has 0 fully saturated rings. The van der Waals surface area contributed by atoms with E-state index in [1.807, 2.05) is 13.8 Å². The van der Waals surface area contributed by atoms with Gasteiger partial charge in [0.25, 0.3) is 0 Å². The Morgan fingerprint density at radius 2 is 1.95 bits per heavy atom. The summed E-state index contributed by atoms with van der Waals surface area (Å²) in [5, 5.41) is 11.9. The number of amides is 1. The highest BCUT2D eigenvalue weighted by atomic mass is 35.5. The van der Waals surface area contributed by atoms with E-state index in [9.17, 15) is 14.0 Å². The Labute approximate surface area is 128 Å². The van der Waals surface area contributed by atoms with Gasteiger partial charge in [-0.2, -0.15) is 0 Å². The van der Waals surface area contributed by atoms with Crippen molar-refractivity contribution in [2.75, 3.05) is 0 Å². The third kappa shape index (κ3) is 5.01. The van der Waals surface area contributed by atoms with E-state index >= 15 is 0 Å². The van der Waals surface area contributed by atoms with E-state index in [2.05, 4.69) is 5.32 Å². The van der Waals surface area contributed by atoms with Crippen LogP contribution in [0, 0.1) is 5.82 Å². The van der Waals surface area contributed by atoms with Crippen molar-refractivity contribution in [1.82, 2.24) is 5.32 Å². The molecule has 6 heteroatoms. The summed E-state index contributed by atoms with van der Waals surface area (Å²) >= 11 is 5.88. The second-order valence-corrected chi connectivity index (χ2v) is 5.43. The smallest absolute Gasteiger partial charge is 0.305 e. The van der Waals surface area contributed by atoms with Crippen LogP contribution in [0.25, 0.3) is 0 Å². The zero-order valence-electron chi connectivity index (χ0n) is 12.1. The van der Waals surface area contributed by atoms with Crippen molar-refractivity contribution in [3.05, 3.63) is 34.6 Å². The monoisotopic (exact) mass is 315 g/mol. The van der Waals surface area contributed by atoms with Crippen molar-refractivity contribution in [2.24, 2.45) is 0 Å². The Morgan fingerprint density at radius 1 is 1.33 bits per heavy atom. The number of nitrogens with one attached hydrogen (secondary N) is 1. The number of carboxylic acid groups (broad SMARTS) is 1. The molecule has 0 aliphatic carbocycles. The van der Waals surface area contributed by atoms with Crippen molar-refractivity contribution >= 4 is 23.5 Å². The molecule has 4 nitrogen and oxygen atoms in total. The number of carbonyl (C=O) groups is 2. The summed E-state index contributed by atoms with van der Waals surface area (Å²) < 4.78 is 13.0. The van der Waals surface area contributed by atoms with Crippen LogP contribution >= 0.6 is 11.6 Å². The topological polar surface area (TPSA) is 66.4 Å². The summed E-state index contributed by atoms with van der Waals surface area (Å²) in [5.41, 5.74) is -0.262. The van der Waals surface area contributed by atoms with Crippen LogP contribution < -0.4 is 5.32 Å². The molecule has 0 saturated heterocycles. The molecule has 1 aromatic carbocycles. The van der Waals surface area contributed by atoms with Crippen LogP contribution in [0.2, 0.25) is 5.02 Å². The maximum absolute atomic E-state index is 13.0. The summed E-state index contributed by atoms with van der Waals surface area (Å²) in [6.45, 7) is 3.66. The standard InChI is InChI=1S/C15H19ClFNO3/c1-3-15(4-2,9-14(20)21)18-13(19)7-10-5-6-11(17)8-12(10)16/h5-6,8H,3-4,7,9H2,1-2H3,(H,18,19)(H,20,21). The molecule has 0 radical (unpaired) electrons. The molecular formula is C15H19ClFNO3. The van der Waals surface area contributed by atoms with Crippen LogP contribution in [0.1, 0.15) is 38.7 Å². The highest BCUT2D eigenvalue weighted by molar-refractivity contribution is 6.31. The molecule has 0 aliphatic heterocycles. The number of halogens is 2. The van der Waals surface area contributed by atoms with Crippen molar-refractivity contribution in [3.63, 3.8) is 0 Å². The van der Waals surface area contributed by atoms with Gasteiger partial charge >= 0.3 is 5.97 Å². The summed E-state index contributed by atoms with van der Waals surface area (Å²) in [5.74, 6) is -1.75. The Morgan fingerprint density at radius 3 is 2.43 bits per heavy atom. The van der Waals surface area contributed by atoms with E-state index in [-0.39, 0.29) is 23.8 Å². The minimum absolute atomic E-state index is 0.0134. The molecule has 116 valence electrons. The Bertz CT molecular complexity index is 530. The Hall–Kier alpha value is -1.62. The number of hydrogen-bond acceptors (Lipinski definition) is 2. The van der Waals surface area contributed by atoms with Gasteiger partial charge in [-0.1, -0.05) is 31.5 Å². The number of rotatable bonds is 7. The van der Waals surface area contributed by atoms with Gasteiger partial charge < -0.3 is 10.4 Å². The van der Waals surface area contributed by atoms with Gasteiger partial charge in [0.05, 0.1) is 12.8 Å². The average Bonchev–Trinajstić information content (AvgIpc) is 2.40. The molecule has 0 spiro atoms. The Balaban J connectivity index is 2.80. The molecule has 2 N–H and O–H groups in total. The first-order valence-electron chi connectivity index (χ1n) is 6.78. The van der Waals surface area contributed by atoms with Crippen molar-refractivity contribution in [1.29, 1.82) is 0 Å². The van der Waals surface area contributed by atoms with Gasteiger partial charge in [-0.05, 0) is 30.5 Å². The van der Waals surface area contributed by atoms with Gasteiger partial charge in [-0.25, -0.2) is 4.39 Å². The number of hydrogen-bond donors (Lipinski definition) is 2. The summed E-state index contributed by atoms with van der Waals surface area (Å²) in [6.07, 6.45) is 0.876. The minimum Gasteiger partial charge on any atom is -0.481 e. The number of benzene rings is 1. The molecule has 0 saturated carbocycles. The predicted octanol–water partition coefficient (Wildman–Crippen LogP) is 3.17. The van der Waals surface area contributed by atoms with Gasteiger partial charge in [0.1, 0.15) is 5.82 Å². The van der Waals surface area contributed by atoms with Crippen LogP contribution in [0.4, 0.5) is 4.39 Å². The summed E-state index contributed by atoms with van der Waals surface area (Å²) in [7, 11) is 0. The van der Waals surface area contributed by atoms with Crippen molar-refractivity contribution < 1.29 is 19.1 Å². The number of carbonyl (C=O) groups excluding carboxylic acids is 1. The molecule has 0 unspecified atom stereocenters. The zero-order chi connectivity index (χ0) is 16.0. The van der Waals surface area contributed by atoms with Gasteiger partial charge in [0.2, 0.25) is 5.91 Å². The lowest BCUT2D eigenvalue weighted by atomic mass is 9.88. The van der Waals surface area contributed by atoms with E-state index in [0.717, 1.165) is 6.07 Å². The highest BCUT2D eigenvalue weighted by Gasteiger charge is 2.30. The fourth-order valence-electron chi connectivity index (χ4n) is 2.19. The molecular weight excluding hydrogens is 297 g/mol.